The second-order valence-corrected chi connectivity index (χ2v) is 7.51. The summed E-state index contributed by atoms with van der Waals surface area (Å²) in [6.07, 6.45) is 1.54. The van der Waals surface area contributed by atoms with Gasteiger partial charge in [-0.05, 0) is 31.5 Å². The zero-order valence-corrected chi connectivity index (χ0v) is 13.5. The molecule has 1 heterocycles. The number of aromatic nitrogens is 2. The number of rotatable bonds is 5. The van der Waals surface area contributed by atoms with Crippen LogP contribution >= 0.6 is 11.6 Å². The van der Waals surface area contributed by atoms with E-state index in [0.29, 0.717) is 17.3 Å². The first kappa shape index (κ1) is 15.9. The Morgan fingerprint density at radius 1 is 1.38 bits per heavy atom. The van der Waals surface area contributed by atoms with Gasteiger partial charge >= 0.3 is 0 Å². The van der Waals surface area contributed by atoms with Crippen molar-refractivity contribution in [2.75, 3.05) is 6.26 Å². The minimum Gasteiger partial charge on any atom is -0.337 e. The van der Waals surface area contributed by atoms with E-state index in [0.717, 1.165) is 11.8 Å². The molecular weight excluding hydrogens is 314 g/mol. The fourth-order valence-electron chi connectivity index (χ4n) is 1.92. The van der Waals surface area contributed by atoms with Crippen LogP contribution in [-0.4, -0.2) is 24.8 Å². The van der Waals surface area contributed by atoms with Crippen LogP contribution in [-0.2, 0) is 22.0 Å². The minimum atomic E-state index is -3.38. The Kier molecular flexibility index (Phi) is 4.36. The van der Waals surface area contributed by atoms with Crippen molar-refractivity contribution < 1.29 is 12.9 Å². The molecule has 1 aromatic carbocycles. The lowest BCUT2D eigenvalue weighted by Crippen LogP contribution is -2.40. The van der Waals surface area contributed by atoms with Crippen LogP contribution in [0.4, 0.5) is 0 Å². The van der Waals surface area contributed by atoms with E-state index < -0.39 is 15.6 Å². The van der Waals surface area contributed by atoms with E-state index >= 15 is 0 Å². The quantitative estimate of drug-likeness (QED) is 0.908. The summed E-state index contributed by atoms with van der Waals surface area (Å²) >= 11 is 5.92. The van der Waals surface area contributed by atoms with Gasteiger partial charge in [-0.3, -0.25) is 0 Å². The lowest BCUT2D eigenvalue weighted by atomic mass is 10.1. The predicted octanol–water partition coefficient (Wildman–Crippen LogP) is 2.10. The van der Waals surface area contributed by atoms with Gasteiger partial charge in [0.2, 0.25) is 15.9 Å². The number of hydrogen-bond acceptors (Lipinski definition) is 5. The Morgan fingerprint density at radius 3 is 2.71 bits per heavy atom. The third-order valence-corrected chi connectivity index (χ3v) is 3.81. The summed E-state index contributed by atoms with van der Waals surface area (Å²) in [7, 11) is -3.38. The third kappa shape index (κ3) is 4.52. The molecule has 0 aliphatic carbocycles. The van der Waals surface area contributed by atoms with E-state index in [2.05, 4.69) is 14.9 Å². The van der Waals surface area contributed by atoms with E-state index in [1.165, 1.54) is 0 Å². The van der Waals surface area contributed by atoms with Gasteiger partial charge in [0.15, 0.2) is 5.82 Å². The van der Waals surface area contributed by atoms with Gasteiger partial charge in [-0.1, -0.05) is 28.9 Å². The molecule has 0 radical (unpaired) electrons. The standard InChI is InChI=1S/C13H16ClN3O3S/c1-13(2,17-21(3,18)19)12-15-11(16-20-12)8-9-5-4-6-10(14)7-9/h4-7,17H,8H2,1-3H3. The van der Waals surface area contributed by atoms with E-state index in [9.17, 15) is 8.42 Å². The molecule has 0 saturated carbocycles. The fraction of sp³-hybridized carbons (Fsp3) is 0.385. The summed E-state index contributed by atoms with van der Waals surface area (Å²) in [5.41, 5.74) is -0.0172. The average Bonchev–Trinajstić information content (AvgIpc) is 2.75. The number of nitrogens with zero attached hydrogens (tertiary/aromatic N) is 2. The largest absolute Gasteiger partial charge is 0.337 e. The summed E-state index contributed by atoms with van der Waals surface area (Å²) < 4.78 is 30.3. The van der Waals surface area contributed by atoms with Crippen molar-refractivity contribution in [3.63, 3.8) is 0 Å². The highest BCUT2D eigenvalue weighted by Gasteiger charge is 2.30. The van der Waals surface area contributed by atoms with Crippen LogP contribution in [0.1, 0.15) is 31.1 Å². The van der Waals surface area contributed by atoms with Crippen LogP contribution in [0.3, 0.4) is 0 Å². The minimum absolute atomic E-state index is 0.213. The highest BCUT2D eigenvalue weighted by Crippen LogP contribution is 2.20. The van der Waals surface area contributed by atoms with Gasteiger partial charge in [-0.15, -0.1) is 0 Å². The van der Waals surface area contributed by atoms with Crippen LogP contribution < -0.4 is 4.72 Å². The maximum Gasteiger partial charge on any atom is 0.247 e. The molecule has 0 amide bonds. The molecule has 21 heavy (non-hydrogen) atoms. The van der Waals surface area contributed by atoms with Gasteiger partial charge in [0.05, 0.1) is 6.26 Å². The van der Waals surface area contributed by atoms with Gasteiger partial charge in [0.25, 0.3) is 0 Å². The highest BCUT2D eigenvalue weighted by atomic mass is 35.5. The lowest BCUT2D eigenvalue weighted by molar-refractivity contribution is 0.294. The van der Waals surface area contributed by atoms with E-state index in [1.807, 2.05) is 18.2 Å². The lowest BCUT2D eigenvalue weighted by Gasteiger charge is -2.19. The van der Waals surface area contributed by atoms with E-state index in [-0.39, 0.29) is 5.89 Å². The molecule has 0 bridgehead atoms. The second kappa shape index (κ2) is 5.75. The Hall–Kier alpha value is -1.44. The van der Waals surface area contributed by atoms with Crippen molar-refractivity contribution in [1.29, 1.82) is 0 Å². The van der Waals surface area contributed by atoms with Crippen molar-refractivity contribution in [2.24, 2.45) is 0 Å². The normalized spacial score (nSPS) is 12.6. The van der Waals surface area contributed by atoms with Gasteiger partial charge in [-0.25, -0.2) is 13.1 Å². The second-order valence-electron chi connectivity index (χ2n) is 5.32. The van der Waals surface area contributed by atoms with Crippen LogP contribution in [0.2, 0.25) is 5.02 Å². The summed E-state index contributed by atoms with van der Waals surface area (Å²) in [5.74, 6) is 0.681. The van der Waals surface area contributed by atoms with E-state index in [4.69, 9.17) is 16.1 Å². The molecule has 0 fully saturated rings. The molecule has 2 rings (SSSR count). The average molecular weight is 330 g/mol. The third-order valence-electron chi connectivity index (χ3n) is 2.69. The Labute approximate surface area is 128 Å². The van der Waals surface area contributed by atoms with Crippen molar-refractivity contribution >= 4 is 21.6 Å². The topological polar surface area (TPSA) is 85.1 Å². The summed E-state index contributed by atoms with van der Waals surface area (Å²) in [6.45, 7) is 3.31. The summed E-state index contributed by atoms with van der Waals surface area (Å²) in [5, 5.41) is 4.51. The van der Waals surface area contributed by atoms with Crippen LogP contribution in [0.25, 0.3) is 0 Å². The predicted molar refractivity (Wildman–Crippen MR) is 79.6 cm³/mol. The Morgan fingerprint density at radius 2 is 2.10 bits per heavy atom. The molecule has 6 nitrogen and oxygen atoms in total. The molecule has 0 aliphatic heterocycles. The molecule has 0 atom stereocenters. The molecule has 0 saturated heterocycles. The van der Waals surface area contributed by atoms with Crippen molar-refractivity contribution in [1.82, 2.24) is 14.9 Å². The first-order valence-electron chi connectivity index (χ1n) is 6.22. The Bertz CT molecular complexity index is 741. The van der Waals surface area contributed by atoms with Gasteiger partial charge < -0.3 is 4.52 Å². The number of hydrogen-bond donors (Lipinski definition) is 1. The van der Waals surface area contributed by atoms with Gasteiger partial charge in [0, 0.05) is 11.4 Å². The molecule has 0 spiro atoms. The fourth-order valence-corrected chi connectivity index (χ4v) is 3.14. The number of halogens is 1. The molecular formula is C13H16ClN3O3S. The molecule has 2 aromatic rings. The highest BCUT2D eigenvalue weighted by molar-refractivity contribution is 7.88. The van der Waals surface area contributed by atoms with Crippen LogP contribution in [0, 0.1) is 0 Å². The van der Waals surface area contributed by atoms with Crippen molar-refractivity contribution in [3.8, 4) is 0 Å². The van der Waals surface area contributed by atoms with Crippen LogP contribution in [0.15, 0.2) is 28.8 Å². The molecule has 0 aliphatic rings. The van der Waals surface area contributed by atoms with Gasteiger partial charge in [-0.2, -0.15) is 4.98 Å². The summed E-state index contributed by atoms with van der Waals surface area (Å²) in [4.78, 5) is 4.24. The molecule has 8 heteroatoms. The molecule has 1 aromatic heterocycles. The zero-order valence-electron chi connectivity index (χ0n) is 11.9. The first-order valence-corrected chi connectivity index (χ1v) is 8.49. The summed E-state index contributed by atoms with van der Waals surface area (Å²) in [6, 6.07) is 7.35. The Balaban J connectivity index is 2.18. The SMILES string of the molecule is CC(C)(NS(C)(=O)=O)c1nc(Cc2cccc(Cl)c2)no1. The van der Waals surface area contributed by atoms with Crippen LogP contribution in [0.5, 0.6) is 0 Å². The molecule has 114 valence electrons. The number of benzene rings is 1. The first-order chi connectivity index (χ1) is 9.66. The number of nitrogens with one attached hydrogen (secondary N) is 1. The smallest absolute Gasteiger partial charge is 0.247 e. The monoisotopic (exact) mass is 329 g/mol. The molecule has 1 N–H and O–H groups in total. The van der Waals surface area contributed by atoms with E-state index in [1.54, 1.807) is 19.9 Å². The number of sulfonamides is 1. The zero-order chi connectivity index (χ0) is 15.7. The van der Waals surface area contributed by atoms with Crippen molar-refractivity contribution in [3.05, 3.63) is 46.6 Å². The maximum absolute atomic E-state index is 11.3. The molecule has 0 unspecified atom stereocenters. The maximum atomic E-state index is 11.3. The van der Waals surface area contributed by atoms with Gasteiger partial charge in [0.1, 0.15) is 5.54 Å². The van der Waals surface area contributed by atoms with Crippen molar-refractivity contribution in [2.45, 2.75) is 25.8 Å².